The third kappa shape index (κ3) is 1.81. The Bertz CT molecular complexity index is 540. The van der Waals surface area contributed by atoms with E-state index in [4.69, 9.17) is 5.73 Å². The zero-order valence-corrected chi connectivity index (χ0v) is 10.6. The first-order chi connectivity index (χ1) is 8.79. The summed E-state index contributed by atoms with van der Waals surface area (Å²) in [6, 6.07) is 0.409. The number of nitrogen functional groups attached to an aromatic ring is 1. The lowest BCUT2D eigenvalue weighted by Gasteiger charge is -2.27. The molecule has 0 aromatic carbocycles. The lowest BCUT2D eigenvalue weighted by atomic mass is 9.84. The van der Waals surface area contributed by atoms with Crippen LogP contribution in [-0.4, -0.2) is 25.0 Å². The molecule has 2 aromatic heterocycles. The quantitative estimate of drug-likeness (QED) is 0.875. The minimum atomic E-state index is 0.409. The molecule has 1 aliphatic carbocycles. The van der Waals surface area contributed by atoms with E-state index in [-0.39, 0.29) is 0 Å². The maximum Gasteiger partial charge on any atom is 0.184 e. The lowest BCUT2D eigenvalue weighted by Crippen LogP contribution is -2.19. The van der Waals surface area contributed by atoms with E-state index >= 15 is 0 Å². The highest BCUT2D eigenvalue weighted by Crippen LogP contribution is 2.34. The number of rotatable bonds is 2. The lowest BCUT2D eigenvalue weighted by molar-refractivity contribution is 0.257. The fourth-order valence-corrected chi connectivity index (χ4v) is 2.83. The molecule has 6 nitrogen and oxygen atoms in total. The summed E-state index contributed by atoms with van der Waals surface area (Å²) < 4.78 is 1.93. The predicted octanol–water partition coefficient (Wildman–Crippen LogP) is 1.94. The number of hydrogen-bond acceptors (Lipinski definition) is 5. The summed E-state index contributed by atoms with van der Waals surface area (Å²) in [5.41, 5.74) is 7.16. The van der Waals surface area contributed by atoms with E-state index in [9.17, 15) is 0 Å². The summed E-state index contributed by atoms with van der Waals surface area (Å²) in [5.74, 6) is 1.28. The van der Waals surface area contributed by atoms with Crippen molar-refractivity contribution in [3.05, 3.63) is 6.33 Å². The van der Waals surface area contributed by atoms with Gasteiger partial charge in [-0.15, -0.1) is 5.10 Å². The van der Waals surface area contributed by atoms with Crippen molar-refractivity contribution in [2.75, 3.05) is 5.73 Å². The number of aromatic nitrogens is 5. The van der Waals surface area contributed by atoms with Crippen molar-refractivity contribution >= 4 is 17.0 Å². The Hall–Kier alpha value is -1.72. The molecule has 0 radical (unpaired) electrons. The van der Waals surface area contributed by atoms with E-state index in [1.807, 2.05) is 4.68 Å². The van der Waals surface area contributed by atoms with E-state index in [1.54, 1.807) is 0 Å². The molecule has 0 unspecified atom stereocenters. The van der Waals surface area contributed by atoms with Gasteiger partial charge in [-0.3, -0.25) is 0 Å². The van der Waals surface area contributed by atoms with Gasteiger partial charge in [0.15, 0.2) is 17.0 Å². The van der Waals surface area contributed by atoms with E-state index < -0.39 is 0 Å². The number of nitrogens with two attached hydrogens (primary N) is 1. The van der Waals surface area contributed by atoms with Gasteiger partial charge in [0.1, 0.15) is 6.33 Å². The third-order valence-corrected chi connectivity index (χ3v) is 4.03. The van der Waals surface area contributed by atoms with Crippen molar-refractivity contribution in [2.45, 2.75) is 45.1 Å². The zero-order chi connectivity index (χ0) is 12.5. The molecule has 2 aromatic rings. The van der Waals surface area contributed by atoms with Crippen molar-refractivity contribution in [3.63, 3.8) is 0 Å². The van der Waals surface area contributed by atoms with Crippen LogP contribution in [-0.2, 0) is 0 Å². The van der Waals surface area contributed by atoms with E-state index in [0.717, 1.165) is 24.4 Å². The zero-order valence-electron chi connectivity index (χ0n) is 10.6. The summed E-state index contributed by atoms with van der Waals surface area (Å²) in [6.07, 6.45) is 7.60. The molecule has 18 heavy (non-hydrogen) atoms. The van der Waals surface area contributed by atoms with Crippen LogP contribution in [0.25, 0.3) is 11.2 Å². The molecule has 3 rings (SSSR count). The van der Waals surface area contributed by atoms with Crippen molar-refractivity contribution in [3.8, 4) is 0 Å². The molecule has 96 valence electrons. The molecule has 0 atom stereocenters. The maximum absolute atomic E-state index is 5.78. The normalized spacial score (nSPS) is 24.5. The fourth-order valence-electron chi connectivity index (χ4n) is 2.83. The molecule has 1 saturated carbocycles. The highest BCUT2D eigenvalue weighted by Gasteiger charge is 2.24. The second-order valence-corrected chi connectivity index (χ2v) is 5.05. The molecule has 0 spiro atoms. The molecule has 0 aliphatic heterocycles. The largest absolute Gasteiger partial charge is 0.382 e. The van der Waals surface area contributed by atoms with Crippen LogP contribution in [0.1, 0.15) is 45.1 Å². The van der Waals surface area contributed by atoms with Gasteiger partial charge < -0.3 is 5.73 Å². The number of anilines is 1. The van der Waals surface area contributed by atoms with Gasteiger partial charge in [-0.2, -0.15) is 0 Å². The highest BCUT2D eigenvalue weighted by atomic mass is 15.5. The average molecular weight is 246 g/mol. The van der Waals surface area contributed by atoms with Crippen molar-refractivity contribution in [1.82, 2.24) is 25.0 Å². The van der Waals surface area contributed by atoms with Gasteiger partial charge in [0.25, 0.3) is 0 Å². The molecular weight excluding hydrogens is 228 g/mol. The van der Waals surface area contributed by atoms with Crippen LogP contribution < -0.4 is 5.73 Å². The van der Waals surface area contributed by atoms with Crippen LogP contribution in [0.15, 0.2) is 6.33 Å². The Labute approximate surface area is 106 Å². The molecule has 1 aliphatic rings. The summed E-state index contributed by atoms with van der Waals surface area (Å²) in [6.45, 7) is 2.27. The standard InChI is InChI=1S/C12H18N6/c1-2-8-3-5-9(6-4-8)18-12-10(16-17-18)11(13)14-7-15-12/h7-9H,2-6H2,1H3,(H2,13,14,15). The van der Waals surface area contributed by atoms with Crippen LogP contribution in [0.3, 0.4) is 0 Å². The van der Waals surface area contributed by atoms with E-state index in [2.05, 4.69) is 27.2 Å². The molecule has 2 heterocycles. The molecule has 2 N–H and O–H groups in total. The SMILES string of the molecule is CCC1CCC(n2nnc3c(N)ncnc32)CC1. The first-order valence-electron chi connectivity index (χ1n) is 6.61. The summed E-state index contributed by atoms with van der Waals surface area (Å²) in [5, 5.41) is 8.31. The van der Waals surface area contributed by atoms with E-state index in [0.29, 0.717) is 17.4 Å². The molecular formula is C12H18N6. The topological polar surface area (TPSA) is 82.5 Å². The average Bonchev–Trinajstić information content (AvgIpc) is 2.84. The summed E-state index contributed by atoms with van der Waals surface area (Å²) in [7, 11) is 0. The molecule has 6 heteroatoms. The number of fused-ring (bicyclic) bond motifs is 1. The second-order valence-electron chi connectivity index (χ2n) is 5.05. The van der Waals surface area contributed by atoms with Gasteiger partial charge in [0.05, 0.1) is 6.04 Å². The minimum absolute atomic E-state index is 0.409. The van der Waals surface area contributed by atoms with Crippen molar-refractivity contribution < 1.29 is 0 Å². The van der Waals surface area contributed by atoms with Gasteiger partial charge in [-0.25, -0.2) is 14.6 Å². The summed E-state index contributed by atoms with van der Waals surface area (Å²) >= 11 is 0. The van der Waals surface area contributed by atoms with Crippen molar-refractivity contribution in [2.24, 2.45) is 5.92 Å². The maximum atomic E-state index is 5.78. The van der Waals surface area contributed by atoms with E-state index in [1.165, 1.54) is 25.6 Å². The molecule has 0 saturated heterocycles. The van der Waals surface area contributed by atoms with Crippen LogP contribution in [0.4, 0.5) is 5.82 Å². The second kappa shape index (κ2) is 4.51. The Morgan fingerprint density at radius 1 is 1.28 bits per heavy atom. The summed E-state index contributed by atoms with van der Waals surface area (Å²) in [4.78, 5) is 8.21. The fraction of sp³-hybridized carbons (Fsp3) is 0.667. The van der Waals surface area contributed by atoms with Gasteiger partial charge in [-0.1, -0.05) is 18.6 Å². The van der Waals surface area contributed by atoms with Crippen molar-refractivity contribution in [1.29, 1.82) is 0 Å². The Balaban J connectivity index is 1.89. The Morgan fingerprint density at radius 3 is 2.78 bits per heavy atom. The monoisotopic (exact) mass is 246 g/mol. The van der Waals surface area contributed by atoms with Gasteiger partial charge in [0.2, 0.25) is 0 Å². The Morgan fingerprint density at radius 2 is 2.06 bits per heavy atom. The highest BCUT2D eigenvalue weighted by molar-refractivity contribution is 5.80. The first kappa shape index (κ1) is 11.4. The first-order valence-corrected chi connectivity index (χ1v) is 6.61. The molecule has 1 fully saturated rings. The van der Waals surface area contributed by atoms with Crippen LogP contribution in [0, 0.1) is 5.92 Å². The smallest absolute Gasteiger partial charge is 0.184 e. The molecule has 0 amide bonds. The van der Waals surface area contributed by atoms with Crippen LogP contribution in [0.2, 0.25) is 0 Å². The van der Waals surface area contributed by atoms with Gasteiger partial charge in [0, 0.05) is 0 Å². The predicted molar refractivity (Wildman–Crippen MR) is 68.8 cm³/mol. The minimum Gasteiger partial charge on any atom is -0.382 e. The number of nitrogens with zero attached hydrogens (tertiary/aromatic N) is 5. The molecule has 0 bridgehead atoms. The van der Waals surface area contributed by atoms with Gasteiger partial charge in [-0.05, 0) is 31.6 Å². The third-order valence-electron chi connectivity index (χ3n) is 4.03. The van der Waals surface area contributed by atoms with Gasteiger partial charge >= 0.3 is 0 Å². The number of hydrogen-bond donors (Lipinski definition) is 1. The van der Waals surface area contributed by atoms with Crippen LogP contribution in [0.5, 0.6) is 0 Å². The van der Waals surface area contributed by atoms with Crippen LogP contribution >= 0.6 is 0 Å². The Kier molecular flexibility index (Phi) is 2.85.